The summed E-state index contributed by atoms with van der Waals surface area (Å²) in [4.78, 5) is 24.3. The minimum absolute atomic E-state index is 0. The van der Waals surface area contributed by atoms with Crippen LogP contribution in [0.5, 0.6) is 0 Å². The number of hydrogen-bond donors (Lipinski definition) is 3. The van der Waals surface area contributed by atoms with E-state index in [4.69, 9.17) is 11.5 Å². The molecule has 2 unspecified atom stereocenters. The van der Waals surface area contributed by atoms with E-state index in [-0.39, 0.29) is 41.7 Å². The summed E-state index contributed by atoms with van der Waals surface area (Å²) in [6.45, 7) is 0.552. The van der Waals surface area contributed by atoms with Crippen molar-refractivity contribution in [3.63, 3.8) is 0 Å². The second-order valence-corrected chi connectivity index (χ2v) is 6.39. The van der Waals surface area contributed by atoms with E-state index in [2.05, 4.69) is 10.4 Å². The SMILES string of the molecule is Cl.NCC1CCCCC1NC(=O)c1cc(C(N)=O)n(-c2ccccc2)n1. The molecule has 2 atom stereocenters. The molecule has 1 aromatic heterocycles. The molecule has 1 aliphatic rings. The smallest absolute Gasteiger partial charge is 0.272 e. The zero-order valence-corrected chi connectivity index (χ0v) is 15.2. The Morgan fingerprint density at radius 1 is 1.19 bits per heavy atom. The summed E-state index contributed by atoms with van der Waals surface area (Å²) in [6, 6.07) is 10.6. The number of benzene rings is 1. The molecule has 26 heavy (non-hydrogen) atoms. The largest absolute Gasteiger partial charge is 0.364 e. The van der Waals surface area contributed by atoms with E-state index in [0.717, 1.165) is 25.7 Å². The van der Waals surface area contributed by atoms with E-state index in [1.807, 2.05) is 18.2 Å². The average Bonchev–Trinajstić information content (AvgIpc) is 3.09. The Morgan fingerprint density at radius 3 is 2.54 bits per heavy atom. The van der Waals surface area contributed by atoms with Gasteiger partial charge in [-0.05, 0) is 37.4 Å². The van der Waals surface area contributed by atoms with Crippen LogP contribution in [0.3, 0.4) is 0 Å². The Balaban J connectivity index is 0.00000243. The van der Waals surface area contributed by atoms with Crippen LogP contribution in [0.2, 0.25) is 0 Å². The molecule has 0 bridgehead atoms. The lowest BCUT2D eigenvalue weighted by Crippen LogP contribution is -2.44. The van der Waals surface area contributed by atoms with Gasteiger partial charge in [-0.25, -0.2) is 4.68 Å². The summed E-state index contributed by atoms with van der Waals surface area (Å²) in [7, 11) is 0. The number of nitrogens with two attached hydrogens (primary N) is 2. The van der Waals surface area contributed by atoms with Crippen molar-refractivity contribution >= 4 is 24.2 Å². The number of rotatable bonds is 5. The van der Waals surface area contributed by atoms with E-state index in [1.54, 1.807) is 12.1 Å². The van der Waals surface area contributed by atoms with Crippen LogP contribution in [0.4, 0.5) is 0 Å². The lowest BCUT2D eigenvalue weighted by Gasteiger charge is -2.31. The number of nitrogens with one attached hydrogen (secondary N) is 1. The highest BCUT2D eigenvalue weighted by Gasteiger charge is 2.27. The van der Waals surface area contributed by atoms with Gasteiger partial charge in [0, 0.05) is 12.1 Å². The first-order chi connectivity index (χ1) is 12.1. The Kier molecular flexibility index (Phi) is 6.76. The van der Waals surface area contributed by atoms with Crippen molar-refractivity contribution in [2.45, 2.75) is 31.7 Å². The number of aromatic nitrogens is 2. The van der Waals surface area contributed by atoms with Crippen molar-refractivity contribution in [2.24, 2.45) is 17.4 Å². The third kappa shape index (κ3) is 4.23. The fourth-order valence-corrected chi connectivity index (χ4v) is 3.36. The molecular weight excluding hydrogens is 354 g/mol. The van der Waals surface area contributed by atoms with Crippen LogP contribution in [0.1, 0.15) is 46.7 Å². The predicted octanol–water partition coefficient (Wildman–Crippen LogP) is 1.64. The summed E-state index contributed by atoms with van der Waals surface area (Å²) in [6.07, 6.45) is 4.15. The molecule has 0 spiro atoms. The zero-order chi connectivity index (χ0) is 17.8. The number of carbonyl (C=O) groups excluding carboxylic acids is 2. The second kappa shape index (κ2) is 8.82. The fraction of sp³-hybridized carbons (Fsp3) is 0.389. The van der Waals surface area contributed by atoms with Gasteiger partial charge in [0.2, 0.25) is 0 Å². The van der Waals surface area contributed by atoms with Crippen LogP contribution in [0.25, 0.3) is 5.69 Å². The van der Waals surface area contributed by atoms with Gasteiger partial charge in [-0.2, -0.15) is 5.10 Å². The van der Waals surface area contributed by atoms with Crippen LogP contribution in [0.15, 0.2) is 36.4 Å². The molecular formula is C18H24ClN5O2. The lowest BCUT2D eigenvalue weighted by molar-refractivity contribution is 0.0902. The van der Waals surface area contributed by atoms with Gasteiger partial charge in [0.1, 0.15) is 5.69 Å². The van der Waals surface area contributed by atoms with Gasteiger partial charge in [0.05, 0.1) is 5.69 Å². The van der Waals surface area contributed by atoms with Crippen LogP contribution in [0, 0.1) is 5.92 Å². The Hall–Kier alpha value is -2.38. The van der Waals surface area contributed by atoms with Gasteiger partial charge in [-0.1, -0.05) is 31.0 Å². The lowest BCUT2D eigenvalue weighted by atomic mass is 9.84. The number of nitrogens with zero attached hydrogens (tertiary/aromatic N) is 2. The van der Waals surface area contributed by atoms with Crippen LogP contribution in [-0.2, 0) is 0 Å². The number of amides is 2. The van der Waals surface area contributed by atoms with Gasteiger partial charge in [-0.3, -0.25) is 9.59 Å². The van der Waals surface area contributed by atoms with Crippen LogP contribution in [-0.4, -0.2) is 34.2 Å². The first-order valence-electron chi connectivity index (χ1n) is 8.56. The molecule has 0 saturated heterocycles. The molecule has 140 valence electrons. The van der Waals surface area contributed by atoms with Gasteiger partial charge < -0.3 is 16.8 Å². The predicted molar refractivity (Wildman–Crippen MR) is 102 cm³/mol. The number of primary amides is 1. The highest BCUT2D eigenvalue weighted by atomic mass is 35.5. The third-order valence-electron chi connectivity index (χ3n) is 4.72. The normalized spacial score (nSPS) is 19.4. The molecule has 1 aliphatic carbocycles. The van der Waals surface area contributed by atoms with Crippen LogP contribution < -0.4 is 16.8 Å². The Labute approximate surface area is 158 Å². The standard InChI is InChI=1S/C18H23N5O2.ClH/c19-11-12-6-4-5-9-14(12)21-18(25)15-10-16(17(20)24)23(22-15)13-7-2-1-3-8-13;/h1-3,7-8,10,12,14H,4-6,9,11,19H2,(H2,20,24)(H,21,25);1H. The topological polar surface area (TPSA) is 116 Å². The first kappa shape index (κ1) is 19.9. The van der Waals surface area contributed by atoms with Crippen molar-refractivity contribution in [2.75, 3.05) is 6.54 Å². The number of para-hydroxylation sites is 1. The van der Waals surface area contributed by atoms with Crippen molar-refractivity contribution in [1.82, 2.24) is 15.1 Å². The van der Waals surface area contributed by atoms with Gasteiger partial charge in [0.15, 0.2) is 5.69 Å². The molecule has 1 saturated carbocycles. The van der Waals surface area contributed by atoms with Crippen LogP contribution >= 0.6 is 12.4 Å². The monoisotopic (exact) mass is 377 g/mol. The summed E-state index contributed by atoms with van der Waals surface area (Å²) in [5, 5.41) is 7.31. The zero-order valence-electron chi connectivity index (χ0n) is 14.4. The second-order valence-electron chi connectivity index (χ2n) is 6.39. The molecule has 3 rings (SSSR count). The first-order valence-corrected chi connectivity index (χ1v) is 8.56. The molecule has 0 radical (unpaired) electrons. The Bertz CT molecular complexity index is 762. The summed E-state index contributed by atoms with van der Waals surface area (Å²) in [5.74, 6) is -0.653. The van der Waals surface area contributed by atoms with E-state index in [9.17, 15) is 9.59 Å². The number of hydrogen-bond acceptors (Lipinski definition) is 4. The third-order valence-corrected chi connectivity index (χ3v) is 4.72. The molecule has 2 aromatic rings. The average molecular weight is 378 g/mol. The summed E-state index contributed by atoms with van der Waals surface area (Å²) < 4.78 is 1.40. The quantitative estimate of drug-likeness (QED) is 0.734. The minimum atomic E-state index is -0.632. The fourth-order valence-electron chi connectivity index (χ4n) is 3.36. The molecule has 2 amide bonds. The van der Waals surface area contributed by atoms with Crippen molar-refractivity contribution < 1.29 is 9.59 Å². The van der Waals surface area contributed by atoms with E-state index < -0.39 is 5.91 Å². The molecule has 0 aliphatic heterocycles. The molecule has 1 fully saturated rings. The molecule has 1 heterocycles. The Morgan fingerprint density at radius 2 is 1.88 bits per heavy atom. The molecule has 8 heteroatoms. The highest BCUT2D eigenvalue weighted by molar-refractivity contribution is 5.97. The van der Waals surface area contributed by atoms with E-state index in [1.165, 1.54) is 10.7 Å². The maximum atomic E-state index is 12.6. The summed E-state index contributed by atoms with van der Waals surface area (Å²) >= 11 is 0. The van der Waals surface area contributed by atoms with Crippen molar-refractivity contribution in [3.05, 3.63) is 47.8 Å². The maximum Gasteiger partial charge on any atom is 0.272 e. The van der Waals surface area contributed by atoms with E-state index >= 15 is 0 Å². The van der Waals surface area contributed by atoms with E-state index in [0.29, 0.717) is 12.2 Å². The number of halogens is 1. The van der Waals surface area contributed by atoms with Crippen molar-refractivity contribution in [3.8, 4) is 5.69 Å². The molecule has 1 aromatic carbocycles. The summed E-state index contributed by atoms with van der Waals surface area (Å²) in [5.41, 5.74) is 12.3. The molecule has 7 nitrogen and oxygen atoms in total. The number of carbonyl (C=O) groups is 2. The maximum absolute atomic E-state index is 12.6. The minimum Gasteiger partial charge on any atom is -0.364 e. The highest BCUT2D eigenvalue weighted by Crippen LogP contribution is 2.24. The van der Waals surface area contributed by atoms with Gasteiger partial charge in [0.25, 0.3) is 11.8 Å². The van der Waals surface area contributed by atoms with Gasteiger partial charge >= 0.3 is 0 Å². The molecule has 5 N–H and O–H groups in total. The van der Waals surface area contributed by atoms with Crippen molar-refractivity contribution in [1.29, 1.82) is 0 Å². The van der Waals surface area contributed by atoms with Gasteiger partial charge in [-0.15, -0.1) is 12.4 Å².